The number of aliphatic carboxylic acids is 1. The number of carboxylic acids is 1. The number of rotatable bonds is 5. The van der Waals surface area contributed by atoms with Crippen LogP contribution < -0.4 is 5.32 Å². The van der Waals surface area contributed by atoms with Crippen LogP contribution in [0.2, 0.25) is 5.02 Å². The number of nitrogens with one attached hydrogen (secondary N) is 1. The van der Waals surface area contributed by atoms with Crippen LogP contribution >= 0.6 is 27.5 Å². The van der Waals surface area contributed by atoms with Crippen LogP contribution in [0, 0.1) is 5.41 Å². The van der Waals surface area contributed by atoms with Gasteiger partial charge in [0.15, 0.2) is 0 Å². The zero-order valence-electron chi connectivity index (χ0n) is 10.8. The highest BCUT2D eigenvalue weighted by atomic mass is 79.9. The van der Waals surface area contributed by atoms with Crippen LogP contribution in [0.25, 0.3) is 0 Å². The molecule has 0 saturated heterocycles. The molecule has 2 rings (SSSR count). The maximum absolute atomic E-state index is 12.1. The zero-order valence-corrected chi connectivity index (χ0v) is 13.1. The average molecular weight is 361 g/mol. The van der Waals surface area contributed by atoms with Crippen LogP contribution in [0.1, 0.15) is 36.0 Å². The van der Waals surface area contributed by atoms with Crippen molar-refractivity contribution < 1.29 is 14.7 Å². The molecule has 1 fully saturated rings. The summed E-state index contributed by atoms with van der Waals surface area (Å²) in [5.74, 6) is -1.08. The second-order valence-corrected chi connectivity index (χ2v) is 6.55. The van der Waals surface area contributed by atoms with Crippen LogP contribution in [-0.2, 0) is 4.79 Å². The van der Waals surface area contributed by atoms with Gasteiger partial charge in [0.25, 0.3) is 5.91 Å². The van der Waals surface area contributed by atoms with E-state index in [4.69, 9.17) is 16.7 Å². The van der Waals surface area contributed by atoms with Crippen molar-refractivity contribution in [2.45, 2.75) is 25.7 Å². The third kappa shape index (κ3) is 3.52. The molecule has 2 N–H and O–H groups in total. The third-order valence-corrected chi connectivity index (χ3v) is 4.55. The van der Waals surface area contributed by atoms with Gasteiger partial charge in [-0.15, -0.1) is 0 Å². The molecule has 20 heavy (non-hydrogen) atoms. The highest BCUT2D eigenvalue weighted by Gasteiger charge is 2.39. The van der Waals surface area contributed by atoms with Gasteiger partial charge in [-0.05, 0) is 36.5 Å². The van der Waals surface area contributed by atoms with E-state index >= 15 is 0 Å². The molecular formula is C14H15BrClNO3. The highest BCUT2D eigenvalue weighted by Crippen LogP contribution is 2.43. The number of benzene rings is 1. The Labute approximate surface area is 130 Å². The van der Waals surface area contributed by atoms with Crippen molar-refractivity contribution in [1.82, 2.24) is 5.32 Å². The molecule has 1 aromatic carbocycles. The minimum atomic E-state index is -0.819. The van der Waals surface area contributed by atoms with Crippen molar-refractivity contribution >= 4 is 39.4 Å². The number of hydrogen-bond donors (Lipinski definition) is 2. The van der Waals surface area contributed by atoms with Gasteiger partial charge in [-0.2, -0.15) is 0 Å². The van der Waals surface area contributed by atoms with Crippen molar-refractivity contribution in [2.24, 2.45) is 5.41 Å². The van der Waals surface area contributed by atoms with Gasteiger partial charge in [0, 0.05) is 11.0 Å². The van der Waals surface area contributed by atoms with E-state index in [1.807, 2.05) is 0 Å². The van der Waals surface area contributed by atoms with Crippen LogP contribution in [0.15, 0.2) is 22.7 Å². The Morgan fingerprint density at radius 2 is 2.10 bits per heavy atom. The van der Waals surface area contributed by atoms with Crippen molar-refractivity contribution in [2.75, 3.05) is 6.54 Å². The van der Waals surface area contributed by atoms with Gasteiger partial charge in [0.2, 0.25) is 0 Å². The first-order chi connectivity index (χ1) is 9.42. The number of amides is 1. The maximum Gasteiger partial charge on any atom is 0.303 e. The summed E-state index contributed by atoms with van der Waals surface area (Å²) >= 11 is 9.30. The van der Waals surface area contributed by atoms with Crippen LogP contribution in [0.4, 0.5) is 0 Å². The largest absolute Gasteiger partial charge is 0.481 e. The van der Waals surface area contributed by atoms with Gasteiger partial charge in [-0.1, -0.05) is 34.0 Å². The molecule has 0 heterocycles. The fourth-order valence-electron chi connectivity index (χ4n) is 2.45. The summed E-state index contributed by atoms with van der Waals surface area (Å²) in [6.45, 7) is 0.379. The lowest BCUT2D eigenvalue weighted by Crippen LogP contribution is -2.43. The predicted molar refractivity (Wildman–Crippen MR) is 80.0 cm³/mol. The molecule has 0 unspecified atom stereocenters. The molecule has 0 atom stereocenters. The number of carbonyl (C=O) groups is 2. The Morgan fingerprint density at radius 3 is 2.60 bits per heavy atom. The van der Waals surface area contributed by atoms with Crippen molar-refractivity contribution in [1.29, 1.82) is 0 Å². The lowest BCUT2D eigenvalue weighted by atomic mass is 9.66. The molecule has 1 aliphatic carbocycles. The Kier molecular flexibility index (Phi) is 4.70. The first kappa shape index (κ1) is 15.3. The van der Waals surface area contributed by atoms with Crippen molar-refractivity contribution in [3.63, 3.8) is 0 Å². The number of hydrogen-bond acceptors (Lipinski definition) is 2. The van der Waals surface area contributed by atoms with E-state index < -0.39 is 5.97 Å². The first-order valence-electron chi connectivity index (χ1n) is 6.37. The van der Waals surface area contributed by atoms with Gasteiger partial charge >= 0.3 is 5.97 Å². The summed E-state index contributed by atoms with van der Waals surface area (Å²) in [6.07, 6.45) is 2.80. The van der Waals surface area contributed by atoms with E-state index in [0.717, 1.165) is 23.7 Å². The number of halogens is 2. The summed E-state index contributed by atoms with van der Waals surface area (Å²) in [5, 5.41) is 12.1. The van der Waals surface area contributed by atoms with E-state index in [1.165, 1.54) is 0 Å². The molecule has 0 radical (unpaired) electrons. The van der Waals surface area contributed by atoms with E-state index in [2.05, 4.69) is 21.2 Å². The third-order valence-electron chi connectivity index (χ3n) is 3.74. The van der Waals surface area contributed by atoms with Crippen molar-refractivity contribution in [3.8, 4) is 0 Å². The minimum absolute atomic E-state index is 0.0986. The molecular weight excluding hydrogens is 346 g/mol. The molecule has 108 valence electrons. The fraction of sp³-hybridized carbons (Fsp3) is 0.429. The zero-order chi connectivity index (χ0) is 14.8. The minimum Gasteiger partial charge on any atom is -0.481 e. The average Bonchev–Trinajstić information content (AvgIpc) is 2.31. The van der Waals surface area contributed by atoms with Gasteiger partial charge in [-0.3, -0.25) is 9.59 Å². The quantitative estimate of drug-likeness (QED) is 0.845. The molecule has 0 aliphatic heterocycles. The summed E-state index contributed by atoms with van der Waals surface area (Å²) in [5.41, 5.74) is 0.114. The van der Waals surface area contributed by atoms with Gasteiger partial charge < -0.3 is 10.4 Å². The Bertz CT molecular complexity index is 543. The standard InChI is InChI=1S/C14H15BrClNO3/c15-9-2-3-10(11(16)6-9)13(20)17-8-14(4-1-5-14)7-12(18)19/h2-3,6H,1,4-5,7-8H2,(H,17,20)(H,18,19). The molecule has 1 aliphatic rings. The molecule has 6 heteroatoms. The fourth-order valence-corrected chi connectivity index (χ4v) is 3.21. The van der Waals surface area contributed by atoms with Gasteiger partial charge in [0.05, 0.1) is 17.0 Å². The van der Waals surface area contributed by atoms with E-state index in [1.54, 1.807) is 18.2 Å². The molecule has 0 spiro atoms. The second kappa shape index (κ2) is 6.14. The highest BCUT2D eigenvalue weighted by molar-refractivity contribution is 9.10. The molecule has 1 aromatic rings. The molecule has 0 aromatic heterocycles. The Hall–Kier alpha value is -1.07. The van der Waals surface area contributed by atoms with E-state index in [0.29, 0.717) is 17.1 Å². The normalized spacial score (nSPS) is 16.3. The number of carboxylic acid groups (broad SMARTS) is 1. The van der Waals surface area contributed by atoms with Gasteiger partial charge in [0.1, 0.15) is 0 Å². The monoisotopic (exact) mass is 359 g/mol. The SMILES string of the molecule is O=C(O)CC1(CNC(=O)c2ccc(Br)cc2Cl)CCC1. The Morgan fingerprint density at radius 1 is 1.40 bits per heavy atom. The predicted octanol–water partition coefficient (Wildman–Crippen LogP) is 3.48. The van der Waals surface area contributed by atoms with Crippen LogP contribution in [0.3, 0.4) is 0 Å². The summed E-state index contributed by atoms with van der Waals surface area (Å²) in [7, 11) is 0. The lowest BCUT2D eigenvalue weighted by Gasteiger charge is -2.40. The molecule has 0 bridgehead atoms. The topological polar surface area (TPSA) is 66.4 Å². The second-order valence-electron chi connectivity index (χ2n) is 5.23. The summed E-state index contributed by atoms with van der Waals surface area (Å²) in [6, 6.07) is 5.05. The summed E-state index contributed by atoms with van der Waals surface area (Å²) in [4.78, 5) is 23.0. The molecule has 1 amide bonds. The molecule has 4 nitrogen and oxygen atoms in total. The number of carbonyl (C=O) groups excluding carboxylic acids is 1. The first-order valence-corrected chi connectivity index (χ1v) is 7.54. The molecule has 1 saturated carbocycles. The van der Waals surface area contributed by atoms with Gasteiger partial charge in [-0.25, -0.2) is 0 Å². The smallest absolute Gasteiger partial charge is 0.303 e. The maximum atomic E-state index is 12.1. The van der Waals surface area contributed by atoms with Crippen LogP contribution in [-0.4, -0.2) is 23.5 Å². The van der Waals surface area contributed by atoms with Crippen LogP contribution in [0.5, 0.6) is 0 Å². The van der Waals surface area contributed by atoms with E-state index in [-0.39, 0.29) is 17.7 Å². The Balaban J connectivity index is 1.99. The van der Waals surface area contributed by atoms with Crippen molar-refractivity contribution in [3.05, 3.63) is 33.3 Å². The summed E-state index contributed by atoms with van der Waals surface area (Å²) < 4.78 is 0.806. The lowest BCUT2D eigenvalue weighted by molar-refractivity contribution is -0.141. The van der Waals surface area contributed by atoms with E-state index in [9.17, 15) is 9.59 Å².